The molecule has 2 aromatic carbocycles. The van der Waals surface area contributed by atoms with Crippen molar-refractivity contribution in [1.29, 1.82) is 0 Å². The van der Waals surface area contributed by atoms with Crippen molar-refractivity contribution in [3.8, 4) is 12.3 Å². The summed E-state index contributed by atoms with van der Waals surface area (Å²) in [5.74, 6) is 2.82. The van der Waals surface area contributed by atoms with Crippen LogP contribution in [0.5, 0.6) is 0 Å². The Morgan fingerprint density at radius 3 is 2.69 bits per heavy atom. The summed E-state index contributed by atoms with van der Waals surface area (Å²) in [5, 5.41) is 10.7. The Morgan fingerprint density at radius 2 is 1.93 bits per heavy atom. The molecule has 3 aliphatic rings. The minimum absolute atomic E-state index is 0.0515. The number of unbranched alkanes of at least 4 members (excludes halogenated alkanes) is 1. The molecule has 0 saturated carbocycles. The molecule has 1 N–H and O–H groups in total. The van der Waals surface area contributed by atoms with Crippen LogP contribution in [-0.2, 0) is 13.5 Å². The molecule has 7 nitrogen and oxygen atoms in total. The van der Waals surface area contributed by atoms with Gasteiger partial charge in [0, 0.05) is 67.0 Å². The number of benzene rings is 2. The van der Waals surface area contributed by atoms with Crippen LogP contribution >= 0.6 is 0 Å². The lowest BCUT2D eigenvalue weighted by Gasteiger charge is -2.34. The number of halogens is 2. The molecule has 0 radical (unpaired) electrons. The van der Waals surface area contributed by atoms with Gasteiger partial charge in [0.25, 0.3) is 0 Å². The number of aryl methyl sites for hydroxylation is 2. The number of anilines is 1. The normalized spacial score (nSPS) is 22.2. The average molecular weight is 610 g/mol. The zero-order chi connectivity index (χ0) is 31.2. The number of nitrogens with zero attached hydrogens (tertiary/aromatic N) is 6. The molecular weight excluding hydrogens is 568 g/mol. The van der Waals surface area contributed by atoms with Crippen LogP contribution in [-0.4, -0.2) is 69.0 Å². The molecular formula is C36H41F2N7. The molecule has 0 spiro atoms. The molecule has 234 valence electrons. The number of terminal acetylenes is 1. The van der Waals surface area contributed by atoms with E-state index in [1.807, 2.05) is 13.2 Å². The van der Waals surface area contributed by atoms with Crippen LogP contribution in [0, 0.1) is 24.0 Å². The van der Waals surface area contributed by atoms with Gasteiger partial charge < -0.3 is 15.1 Å². The number of aromatic nitrogens is 4. The van der Waals surface area contributed by atoms with Crippen LogP contribution < -0.4 is 20.7 Å². The van der Waals surface area contributed by atoms with Gasteiger partial charge in [0.2, 0.25) is 0 Å². The molecule has 5 heterocycles. The van der Waals surface area contributed by atoms with E-state index >= 15 is 4.39 Å². The van der Waals surface area contributed by atoms with E-state index in [2.05, 4.69) is 39.6 Å². The van der Waals surface area contributed by atoms with Gasteiger partial charge in [0.15, 0.2) is 5.82 Å². The molecule has 3 unspecified atom stereocenters. The molecule has 2 aromatic heterocycles. The van der Waals surface area contributed by atoms with E-state index in [0.717, 1.165) is 56.6 Å². The molecule has 3 aliphatic heterocycles. The van der Waals surface area contributed by atoms with E-state index in [0.29, 0.717) is 51.7 Å². The summed E-state index contributed by atoms with van der Waals surface area (Å²) in [4.78, 5) is 15.1. The minimum atomic E-state index is -0.547. The predicted molar refractivity (Wildman–Crippen MR) is 176 cm³/mol. The fourth-order valence-corrected chi connectivity index (χ4v) is 7.71. The van der Waals surface area contributed by atoms with Crippen molar-refractivity contribution < 1.29 is 8.78 Å². The average Bonchev–Trinajstić information content (AvgIpc) is 3.75. The summed E-state index contributed by atoms with van der Waals surface area (Å²) in [5.41, 5.74) is 1.01. The van der Waals surface area contributed by atoms with Gasteiger partial charge >= 0.3 is 0 Å². The van der Waals surface area contributed by atoms with Crippen LogP contribution in [0.15, 0.2) is 18.3 Å². The van der Waals surface area contributed by atoms with Crippen LogP contribution in [0.4, 0.5) is 14.6 Å². The highest BCUT2D eigenvalue weighted by Gasteiger charge is 2.35. The summed E-state index contributed by atoms with van der Waals surface area (Å²) in [6.07, 6.45) is 17.8. The lowest BCUT2D eigenvalue weighted by Crippen LogP contribution is -2.51. The fraction of sp³-hybridized carbons (Fsp3) is 0.472. The van der Waals surface area contributed by atoms with Crippen molar-refractivity contribution in [2.24, 2.45) is 7.05 Å². The fourth-order valence-electron chi connectivity index (χ4n) is 7.71. The number of hydrogen-bond donors (Lipinski definition) is 1. The number of likely N-dealkylation sites (tertiary alicyclic amines) is 1. The lowest BCUT2D eigenvalue weighted by molar-refractivity contribution is 0.239. The molecule has 7 rings (SSSR count). The first kappa shape index (κ1) is 29.8. The molecule has 3 fully saturated rings. The van der Waals surface area contributed by atoms with Gasteiger partial charge in [-0.05, 0) is 69.0 Å². The van der Waals surface area contributed by atoms with E-state index in [9.17, 15) is 4.39 Å². The topological polar surface area (TPSA) is 62.1 Å². The van der Waals surface area contributed by atoms with Crippen molar-refractivity contribution >= 4 is 40.3 Å². The quantitative estimate of drug-likeness (QED) is 0.303. The third kappa shape index (κ3) is 5.49. The van der Waals surface area contributed by atoms with Gasteiger partial charge in [0.1, 0.15) is 28.5 Å². The van der Waals surface area contributed by atoms with Crippen LogP contribution in [0.3, 0.4) is 0 Å². The standard InChI is InChI=1S/C36H41F2N7/c1-5-7-16-44-17-8-9-25(44)13-15-31-40-35-32(36(41-31)45-19-23-11-12-24(20-45)39-23)29-21-43(4)42-34(29)28(33(35)38)18-27-22(3)10-14-30(37)26(27)6-2/h2,10,14,18,21,23-25,39H,3,5,7-9,11-13,15-17,19-20H2,1,4H3/b27-18-. The summed E-state index contributed by atoms with van der Waals surface area (Å²) in [7, 11) is 1.82. The molecule has 2 bridgehead atoms. The second-order valence-corrected chi connectivity index (χ2v) is 13.0. The Labute approximate surface area is 263 Å². The Balaban J connectivity index is 1.41. The first-order valence-corrected chi connectivity index (χ1v) is 16.4. The van der Waals surface area contributed by atoms with Gasteiger partial charge in [-0.15, -0.1) is 6.42 Å². The number of rotatable bonds is 8. The first-order valence-electron chi connectivity index (χ1n) is 16.4. The third-order valence-corrected chi connectivity index (χ3v) is 9.97. The van der Waals surface area contributed by atoms with Crippen molar-refractivity contribution in [2.75, 3.05) is 31.1 Å². The van der Waals surface area contributed by atoms with Crippen LogP contribution in [0.1, 0.15) is 68.8 Å². The molecule has 45 heavy (non-hydrogen) atoms. The zero-order valence-electron chi connectivity index (χ0n) is 26.3. The molecule has 4 aromatic rings. The van der Waals surface area contributed by atoms with Gasteiger partial charge in [-0.3, -0.25) is 4.68 Å². The van der Waals surface area contributed by atoms with Crippen LogP contribution in [0.25, 0.3) is 34.5 Å². The van der Waals surface area contributed by atoms with E-state index in [4.69, 9.17) is 16.4 Å². The minimum Gasteiger partial charge on any atom is -0.353 e. The monoisotopic (exact) mass is 609 g/mol. The Kier molecular flexibility index (Phi) is 8.05. The highest BCUT2D eigenvalue weighted by Crippen LogP contribution is 2.38. The number of nitrogens with one attached hydrogen (secondary N) is 1. The second-order valence-electron chi connectivity index (χ2n) is 13.0. The highest BCUT2D eigenvalue weighted by molar-refractivity contribution is 6.13. The van der Waals surface area contributed by atoms with E-state index in [1.54, 1.807) is 16.8 Å². The molecule has 0 amide bonds. The third-order valence-electron chi connectivity index (χ3n) is 9.97. The highest BCUT2D eigenvalue weighted by atomic mass is 19.1. The van der Waals surface area contributed by atoms with Gasteiger partial charge in [-0.25, -0.2) is 18.7 Å². The van der Waals surface area contributed by atoms with Crippen LogP contribution in [0.2, 0.25) is 0 Å². The zero-order valence-corrected chi connectivity index (χ0v) is 26.3. The van der Waals surface area contributed by atoms with Gasteiger partial charge in [-0.2, -0.15) is 5.10 Å². The molecule has 0 aliphatic carbocycles. The summed E-state index contributed by atoms with van der Waals surface area (Å²) < 4.78 is 33.5. The van der Waals surface area contributed by atoms with E-state index in [1.165, 1.54) is 31.7 Å². The SMILES string of the molecule is C#Cc1c(F)ccc(=C)/c1=C/c1c(F)c2nc(CCC3CCCN3CCCC)nc(N3CC4CCC(C3)N4)c2c2cn(C)nc12. The molecule has 9 heteroatoms. The maximum Gasteiger partial charge on any atom is 0.159 e. The Morgan fingerprint density at radius 1 is 1.13 bits per heavy atom. The number of fused-ring (bicyclic) bond motifs is 5. The summed E-state index contributed by atoms with van der Waals surface area (Å²) in [6, 6.07) is 4.11. The Bertz CT molecular complexity index is 1910. The number of piperazine rings is 1. The summed E-state index contributed by atoms with van der Waals surface area (Å²) in [6.45, 7) is 10.2. The van der Waals surface area contributed by atoms with Gasteiger partial charge in [0.05, 0.1) is 10.9 Å². The van der Waals surface area contributed by atoms with Crippen molar-refractivity contribution in [3.05, 3.63) is 57.4 Å². The smallest absolute Gasteiger partial charge is 0.159 e. The van der Waals surface area contributed by atoms with Crippen molar-refractivity contribution in [3.63, 3.8) is 0 Å². The largest absolute Gasteiger partial charge is 0.353 e. The van der Waals surface area contributed by atoms with E-state index < -0.39 is 11.6 Å². The first-order chi connectivity index (χ1) is 21.8. The van der Waals surface area contributed by atoms with E-state index in [-0.39, 0.29) is 16.6 Å². The Hall–Kier alpha value is -3.87. The van der Waals surface area contributed by atoms with Gasteiger partial charge in [-0.1, -0.05) is 31.9 Å². The van der Waals surface area contributed by atoms with Crippen molar-refractivity contribution in [2.45, 2.75) is 76.4 Å². The maximum atomic E-state index is 17.0. The molecule has 3 atom stereocenters. The van der Waals surface area contributed by atoms with Crippen molar-refractivity contribution in [1.82, 2.24) is 30.0 Å². The second kappa shape index (κ2) is 12.1. The lowest BCUT2D eigenvalue weighted by atomic mass is 10.0. The molecule has 3 saturated heterocycles. The number of hydrogen-bond acceptors (Lipinski definition) is 6. The predicted octanol–water partition coefficient (Wildman–Crippen LogP) is 4.15. The maximum absolute atomic E-state index is 17.0. The summed E-state index contributed by atoms with van der Waals surface area (Å²) >= 11 is 0.